The third-order valence-corrected chi connectivity index (χ3v) is 5.27. The lowest BCUT2D eigenvalue weighted by Gasteiger charge is -2.15. The highest BCUT2D eigenvalue weighted by molar-refractivity contribution is 6.05. The van der Waals surface area contributed by atoms with Gasteiger partial charge in [-0.2, -0.15) is 0 Å². The van der Waals surface area contributed by atoms with Gasteiger partial charge in [0.05, 0.1) is 21.7 Å². The fourth-order valence-electron chi connectivity index (χ4n) is 4.02. The molecule has 2 aromatic heterocycles. The highest BCUT2D eigenvalue weighted by atomic mass is 16.2. The minimum atomic E-state index is -0.504. The quantitative estimate of drug-likeness (QED) is 0.334. The predicted molar refractivity (Wildman–Crippen MR) is 109 cm³/mol. The van der Waals surface area contributed by atoms with Crippen LogP contribution in [0.4, 0.5) is 0 Å². The summed E-state index contributed by atoms with van der Waals surface area (Å²) in [5.74, 6) is 0. The highest BCUT2D eigenvalue weighted by Crippen LogP contribution is 2.23. The van der Waals surface area contributed by atoms with Crippen molar-refractivity contribution in [3.63, 3.8) is 0 Å². The number of fused-ring (bicyclic) bond motifs is 7. The standard InChI is InChI=1S/C22H14N2O4/c1-2-12-6-5-9-15-18-16(25)10-11-17(26)20(18)24-22(28)14-8-4-3-7-13(14)21(27)23(24)19(12)15/h3-11H,2H2,1H3. The van der Waals surface area contributed by atoms with Crippen molar-refractivity contribution >= 4 is 32.6 Å². The first kappa shape index (κ1) is 16.4. The van der Waals surface area contributed by atoms with Crippen LogP contribution in [-0.4, -0.2) is 9.03 Å². The Morgan fingerprint density at radius 1 is 0.643 bits per heavy atom. The maximum Gasteiger partial charge on any atom is 0.278 e. The Morgan fingerprint density at radius 3 is 1.86 bits per heavy atom. The van der Waals surface area contributed by atoms with Crippen LogP contribution in [0.2, 0.25) is 0 Å². The third kappa shape index (κ3) is 1.91. The molecule has 5 rings (SSSR count). The molecule has 0 saturated carbocycles. The van der Waals surface area contributed by atoms with Gasteiger partial charge in [0.1, 0.15) is 5.52 Å². The molecule has 0 unspecified atom stereocenters. The Bertz CT molecular complexity index is 1680. The molecule has 0 atom stereocenters. The van der Waals surface area contributed by atoms with Gasteiger partial charge in [0, 0.05) is 5.39 Å². The Hall–Kier alpha value is -3.80. The Morgan fingerprint density at radius 2 is 1.21 bits per heavy atom. The molecule has 0 fully saturated rings. The summed E-state index contributed by atoms with van der Waals surface area (Å²) in [6.07, 6.45) is 0.594. The lowest BCUT2D eigenvalue weighted by molar-refractivity contribution is 0.794. The third-order valence-electron chi connectivity index (χ3n) is 5.27. The number of benzene rings is 3. The van der Waals surface area contributed by atoms with Crippen LogP contribution in [-0.2, 0) is 6.42 Å². The van der Waals surface area contributed by atoms with Crippen LogP contribution in [0, 0.1) is 0 Å². The number of hydrogen-bond acceptors (Lipinski definition) is 4. The summed E-state index contributed by atoms with van der Waals surface area (Å²) >= 11 is 0. The first-order chi connectivity index (χ1) is 13.5. The molecule has 0 N–H and O–H groups in total. The summed E-state index contributed by atoms with van der Waals surface area (Å²) in [7, 11) is 0. The number of para-hydroxylation sites is 1. The second kappa shape index (κ2) is 5.60. The van der Waals surface area contributed by atoms with E-state index in [0.717, 1.165) is 16.1 Å². The molecule has 0 aliphatic carbocycles. The molecule has 6 heteroatoms. The van der Waals surface area contributed by atoms with Crippen molar-refractivity contribution in [1.82, 2.24) is 9.03 Å². The second-order valence-corrected chi connectivity index (χ2v) is 6.73. The lowest BCUT2D eigenvalue weighted by atomic mass is 10.0. The van der Waals surface area contributed by atoms with E-state index in [1.807, 2.05) is 13.0 Å². The molecule has 0 amide bonds. The molecule has 0 radical (unpaired) electrons. The zero-order valence-corrected chi connectivity index (χ0v) is 14.9. The first-order valence-corrected chi connectivity index (χ1v) is 8.95. The van der Waals surface area contributed by atoms with Gasteiger partial charge in [0.15, 0.2) is 5.43 Å². The van der Waals surface area contributed by atoms with Gasteiger partial charge in [-0.1, -0.05) is 37.3 Å². The van der Waals surface area contributed by atoms with Crippen molar-refractivity contribution in [1.29, 1.82) is 0 Å². The number of rotatable bonds is 1. The van der Waals surface area contributed by atoms with Crippen LogP contribution >= 0.6 is 0 Å². The normalized spacial score (nSPS) is 11.8. The van der Waals surface area contributed by atoms with Gasteiger partial charge in [-0.05, 0) is 36.2 Å². The van der Waals surface area contributed by atoms with E-state index in [0.29, 0.717) is 17.3 Å². The van der Waals surface area contributed by atoms with E-state index in [4.69, 9.17) is 0 Å². The van der Waals surface area contributed by atoms with Crippen LogP contribution in [0.1, 0.15) is 12.5 Å². The molecule has 0 aliphatic rings. The van der Waals surface area contributed by atoms with Crippen LogP contribution in [0.5, 0.6) is 0 Å². The van der Waals surface area contributed by atoms with Crippen LogP contribution in [0.25, 0.3) is 32.6 Å². The average molecular weight is 370 g/mol. The summed E-state index contributed by atoms with van der Waals surface area (Å²) in [6.45, 7) is 1.93. The number of aryl methyl sites for hydroxylation is 1. The SMILES string of the molecule is CCc1cccc2c3c(=O)ccc(=O)c3n3c(=O)c4ccccc4c(=O)n3c12. The van der Waals surface area contributed by atoms with Gasteiger partial charge in [0.25, 0.3) is 11.1 Å². The van der Waals surface area contributed by atoms with E-state index in [2.05, 4.69) is 0 Å². The van der Waals surface area contributed by atoms with Crippen LogP contribution < -0.4 is 22.0 Å². The summed E-state index contributed by atoms with van der Waals surface area (Å²) in [5.41, 5.74) is -0.525. The van der Waals surface area contributed by atoms with E-state index in [1.165, 1.54) is 10.6 Å². The Labute approximate surface area is 156 Å². The molecule has 136 valence electrons. The Kier molecular flexibility index (Phi) is 3.27. The fourth-order valence-corrected chi connectivity index (χ4v) is 4.02. The topological polar surface area (TPSA) is 77.1 Å². The molecule has 5 aromatic rings. The van der Waals surface area contributed by atoms with Gasteiger partial charge >= 0.3 is 0 Å². The number of aromatic nitrogens is 2. The fraction of sp³-hybridized carbons (Fsp3) is 0.0909. The van der Waals surface area contributed by atoms with Crippen LogP contribution in [0.15, 0.2) is 73.8 Å². The first-order valence-electron chi connectivity index (χ1n) is 8.95. The van der Waals surface area contributed by atoms with Crippen LogP contribution in [0.3, 0.4) is 0 Å². The Balaban J connectivity index is 2.39. The minimum Gasteiger partial charge on any atom is -0.289 e. The summed E-state index contributed by atoms with van der Waals surface area (Å²) in [4.78, 5) is 52.1. The van der Waals surface area contributed by atoms with Crippen molar-refractivity contribution in [2.45, 2.75) is 13.3 Å². The molecule has 3 aromatic carbocycles. The monoisotopic (exact) mass is 370 g/mol. The van der Waals surface area contributed by atoms with Gasteiger partial charge in [-0.25, -0.2) is 9.03 Å². The highest BCUT2D eigenvalue weighted by Gasteiger charge is 2.19. The lowest BCUT2D eigenvalue weighted by Crippen LogP contribution is -2.34. The van der Waals surface area contributed by atoms with Crippen molar-refractivity contribution in [2.24, 2.45) is 0 Å². The number of hydrogen-bond donors (Lipinski definition) is 0. The summed E-state index contributed by atoms with van der Waals surface area (Å²) < 4.78 is 2.33. The van der Waals surface area contributed by atoms with Gasteiger partial charge in [-0.3, -0.25) is 19.2 Å². The van der Waals surface area contributed by atoms with E-state index in [-0.39, 0.29) is 27.1 Å². The van der Waals surface area contributed by atoms with E-state index < -0.39 is 16.5 Å². The van der Waals surface area contributed by atoms with Gasteiger partial charge in [0.2, 0.25) is 5.43 Å². The summed E-state index contributed by atoms with van der Waals surface area (Å²) in [6, 6.07) is 14.2. The largest absolute Gasteiger partial charge is 0.289 e. The van der Waals surface area contributed by atoms with E-state index in [9.17, 15) is 19.2 Å². The zero-order valence-electron chi connectivity index (χ0n) is 14.9. The predicted octanol–water partition coefficient (Wildman–Crippen LogP) is 1.94. The van der Waals surface area contributed by atoms with Crippen molar-refractivity contribution in [2.75, 3.05) is 0 Å². The molecule has 28 heavy (non-hydrogen) atoms. The molecule has 6 nitrogen and oxygen atoms in total. The summed E-state index contributed by atoms with van der Waals surface area (Å²) in [5, 5.41) is 1.14. The molecule has 2 heterocycles. The maximum absolute atomic E-state index is 13.4. The molecule has 0 saturated heterocycles. The van der Waals surface area contributed by atoms with Crippen molar-refractivity contribution in [3.8, 4) is 0 Å². The smallest absolute Gasteiger partial charge is 0.278 e. The van der Waals surface area contributed by atoms with Crippen molar-refractivity contribution < 1.29 is 0 Å². The maximum atomic E-state index is 13.4. The number of nitrogens with zero attached hydrogens (tertiary/aromatic N) is 2. The van der Waals surface area contributed by atoms with E-state index in [1.54, 1.807) is 36.4 Å². The molecule has 0 spiro atoms. The average Bonchev–Trinajstić information content (AvgIpc) is 2.72. The molecular weight excluding hydrogens is 356 g/mol. The second-order valence-electron chi connectivity index (χ2n) is 6.73. The molecule has 0 aliphatic heterocycles. The molecular formula is C22H14N2O4. The molecule has 0 bridgehead atoms. The van der Waals surface area contributed by atoms with Gasteiger partial charge < -0.3 is 0 Å². The van der Waals surface area contributed by atoms with E-state index >= 15 is 0 Å². The van der Waals surface area contributed by atoms with Gasteiger partial charge in [-0.15, -0.1) is 0 Å². The minimum absolute atomic E-state index is 0.0684. The zero-order chi connectivity index (χ0) is 19.6. The van der Waals surface area contributed by atoms with Crippen molar-refractivity contribution in [3.05, 3.63) is 101 Å².